The second-order valence-corrected chi connectivity index (χ2v) is 6.22. The summed E-state index contributed by atoms with van der Waals surface area (Å²) in [4.78, 5) is 17.2. The Balaban J connectivity index is 1.70. The van der Waals surface area contributed by atoms with Crippen LogP contribution in [-0.2, 0) is 6.54 Å². The molecular weight excluding hydrogens is 322 g/mol. The highest BCUT2D eigenvalue weighted by Gasteiger charge is 2.20. The normalized spacial score (nSPS) is 11.0. The molecule has 0 spiro atoms. The maximum absolute atomic E-state index is 12.7. The Morgan fingerprint density at radius 2 is 2.21 bits per heavy atom. The predicted octanol–water partition coefficient (Wildman–Crippen LogP) is 3.89. The van der Waals surface area contributed by atoms with Crippen molar-refractivity contribution in [2.24, 2.45) is 0 Å². The highest BCUT2D eigenvalue weighted by Crippen LogP contribution is 2.27. The number of nitrogens with one attached hydrogen (secondary N) is 1. The number of fused-ring (bicyclic) bond motifs is 1. The van der Waals surface area contributed by atoms with Crippen LogP contribution in [0.5, 0.6) is 0 Å². The lowest BCUT2D eigenvalue weighted by Gasteiger charge is -2.04. The number of amides is 1. The Morgan fingerprint density at radius 1 is 1.29 bits per heavy atom. The zero-order valence-corrected chi connectivity index (χ0v) is 13.8. The third kappa shape index (κ3) is 2.61. The molecule has 24 heavy (non-hydrogen) atoms. The van der Waals surface area contributed by atoms with Gasteiger partial charge in [0.25, 0.3) is 5.91 Å². The van der Waals surface area contributed by atoms with Gasteiger partial charge in [-0.05, 0) is 42.6 Å². The fraction of sp³-hybridized carbons (Fsp3) is 0.111. The molecule has 5 nitrogen and oxygen atoms in total. The van der Waals surface area contributed by atoms with Gasteiger partial charge in [-0.3, -0.25) is 9.20 Å². The van der Waals surface area contributed by atoms with Crippen molar-refractivity contribution in [3.8, 4) is 11.3 Å². The molecule has 0 unspecified atom stereocenters. The van der Waals surface area contributed by atoms with Crippen LogP contribution < -0.4 is 5.32 Å². The summed E-state index contributed by atoms with van der Waals surface area (Å²) < 4.78 is 7.43. The van der Waals surface area contributed by atoms with Gasteiger partial charge in [0.15, 0.2) is 5.69 Å². The van der Waals surface area contributed by atoms with Gasteiger partial charge in [-0.1, -0.05) is 6.07 Å². The molecule has 0 fully saturated rings. The Labute approximate surface area is 142 Å². The number of carbonyl (C=O) groups excluding carboxylic acids is 1. The van der Waals surface area contributed by atoms with Crippen molar-refractivity contribution < 1.29 is 9.21 Å². The smallest absolute Gasteiger partial charge is 0.272 e. The highest BCUT2D eigenvalue weighted by molar-refractivity contribution is 7.08. The molecule has 0 bridgehead atoms. The molecule has 0 saturated heterocycles. The number of hydrogen-bond donors (Lipinski definition) is 1. The molecule has 0 aromatic carbocycles. The van der Waals surface area contributed by atoms with Crippen LogP contribution >= 0.6 is 11.3 Å². The van der Waals surface area contributed by atoms with E-state index in [1.807, 2.05) is 64.7 Å². The third-order valence-corrected chi connectivity index (χ3v) is 4.44. The predicted molar refractivity (Wildman–Crippen MR) is 93.1 cm³/mol. The molecule has 0 aliphatic rings. The van der Waals surface area contributed by atoms with Crippen molar-refractivity contribution in [1.82, 2.24) is 14.7 Å². The molecule has 4 aromatic heterocycles. The molecule has 4 heterocycles. The molecular formula is C18H15N3O2S. The minimum Gasteiger partial charge on any atom is -0.465 e. The molecule has 4 aromatic rings. The monoisotopic (exact) mass is 337 g/mol. The van der Waals surface area contributed by atoms with Gasteiger partial charge in [0.05, 0.1) is 12.2 Å². The van der Waals surface area contributed by atoms with E-state index in [1.54, 1.807) is 11.3 Å². The van der Waals surface area contributed by atoms with Crippen LogP contribution in [0.3, 0.4) is 0 Å². The number of nitrogens with zero attached hydrogens (tertiary/aromatic N) is 2. The van der Waals surface area contributed by atoms with Gasteiger partial charge in [0, 0.05) is 17.1 Å². The first-order valence-electron chi connectivity index (χ1n) is 7.55. The van der Waals surface area contributed by atoms with Crippen molar-refractivity contribution >= 4 is 22.9 Å². The van der Waals surface area contributed by atoms with E-state index < -0.39 is 0 Å². The van der Waals surface area contributed by atoms with Crippen molar-refractivity contribution in [2.45, 2.75) is 13.5 Å². The number of pyridine rings is 1. The average Bonchev–Trinajstić information content (AvgIpc) is 3.31. The van der Waals surface area contributed by atoms with Crippen molar-refractivity contribution in [2.75, 3.05) is 0 Å². The average molecular weight is 337 g/mol. The minimum absolute atomic E-state index is 0.214. The zero-order valence-electron chi connectivity index (χ0n) is 13.0. The molecule has 0 saturated carbocycles. The summed E-state index contributed by atoms with van der Waals surface area (Å²) in [7, 11) is 0. The lowest BCUT2D eigenvalue weighted by atomic mass is 10.2. The number of furan rings is 1. The van der Waals surface area contributed by atoms with Gasteiger partial charge in [-0.15, -0.1) is 0 Å². The summed E-state index contributed by atoms with van der Waals surface area (Å²) in [5.41, 5.74) is 2.96. The van der Waals surface area contributed by atoms with E-state index >= 15 is 0 Å². The molecule has 0 aliphatic heterocycles. The van der Waals surface area contributed by atoms with E-state index in [1.165, 1.54) is 0 Å². The summed E-state index contributed by atoms with van der Waals surface area (Å²) in [6, 6.07) is 11.5. The summed E-state index contributed by atoms with van der Waals surface area (Å²) in [5, 5.41) is 6.89. The van der Waals surface area contributed by atoms with Gasteiger partial charge in [-0.2, -0.15) is 11.3 Å². The lowest BCUT2D eigenvalue weighted by molar-refractivity contribution is 0.0944. The first-order valence-corrected chi connectivity index (χ1v) is 8.50. The van der Waals surface area contributed by atoms with E-state index in [0.29, 0.717) is 12.2 Å². The number of aromatic nitrogens is 2. The van der Waals surface area contributed by atoms with Crippen LogP contribution in [0.1, 0.15) is 22.0 Å². The molecule has 0 radical (unpaired) electrons. The SMILES string of the molecule is Cc1ccc(CNC(=O)c2nc3ccccn3c2-c2ccsc2)o1. The summed E-state index contributed by atoms with van der Waals surface area (Å²) in [5.74, 6) is 1.33. The Kier molecular flexibility index (Phi) is 3.66. The topological polar surface area (TPSA) is 59.5 Å². The van der Waals surface area contributed by atoms with E-state index in [0.717, 1.165) is 28.4 Å². The van der Waals surface area contributed by atoms with E-state index in [4.69, 9.17) is 4.42 Å². The van der Waals surface area contributed by atoms with Crippen molar-refractivity contribution in [3.63, 3.8) is 0 Å². The molecule has 1 N–H and O–H groups in total. The third-order valence-electron chi connectivity index (χ3n) is 3.76. The fourth-order valence-corrected chi connectivity index (χ4v) is 3.30. The lowest BCUT2D eigenvalue weighted by Crippen LogP contribution is -2.23. The van der Waals surface area contributed by atoms with Crippen molar-refractivity contribution in [3.05, 3.63) is 70.6 Å². The van der Waals surface area contributed by atoms with Gasteiger partial charge in [0.1, 0.15) is 17.2 Å². The Morgan fingerprint density at radius 3 is 2.96 bits per heavy atom. The van der Waals surface area contributed by atoms with Crippen LogP contribution in [0.2, 0.25) is 0 Å². The van der Waals surface area contributed by atoms with Crippen molar-refractivity contribution in [1.29, 1.82) is 0 Å². The number of aryl methyl sites for hydroxylation is 1. The van der Waals surface area contributed by atoms with Crippen LogP contribution in [0.25, 0.3) is 16.9 Å². The summed E-state index contributed by atoms with van der Waals surface area (Å²) in [6.45, 7) is 2.21. The number of hydrogen-bond acceptors (Lipinski definition) is 4. The van der Waals surface area contributed by atoms with E-state index in [2.05, 4.69) is 10.3 Å². The highest BCUT2D eigenvalue weighted by atomic mass is 32.1. The Bertz CT molecular complexity index is 999. The van der Waals surface area contributed by atoms with E-state index in [9.17, 15) is 4.79 Å². The maximum atomic E-state index is 12.7. The zero-order chi connectivity index (χ0) is 16.5. The van der Waals surface area contributed by atoms with Crippen LogP contribution in [0.15, 0.2) is 57.8 Å². The largest absolute Gasteiger partial charge is 0.465 e. The van der Waals surface area contributed by atoms with Crippen LogP contribution in [0.4, 0.5) is 0 Å². The quantitative estimate of drug-likeness (QED) is 0.614. The molecule has 0 aliphatic carbocycles. The van der Waals surface area contributed by atoms with Gasteiger partial charge in [-0.25, -0.2) is 4.98 Å². The summed E-state index contributed by atoms with van der Waals surface area (Å²) in [6.07, 6.45) is 1.92. The van der Waals surface area contributed by atoms with Crippen LogP contribution in [0, 0.1) is 6.92 Å². The second-order valence-electron chi connectivity index (χ2n) is 5.44. The number of imidazole rings is 1. The van der Waals surface area contributed by atoms with Gasteiger partial charge >= 0.3 is 0 Å². The second kappa shape index (κ2) is 5.98. The molecule has 0 atom stereocenters. The van der Waals surface area contributed by atoms with Gasteiger partial charge in [0.2, 0.25) is 0 Å². The molecule has 4 rings (SSSR count). The maximum Gasteiger partial charge on any atom is 0.272 e. The van der Waals surface area contributed by atoms with E-state index in [-0.39, 0.29) is 5.91 Å². The number of rotatable bonds is 4. The van der Waals surface area contributed by atoms with Gasteiger partial charge < -0.3 is 9.73 Å². The van der Waals surface area contributed by atoms with Crippen LogP contribution in [-0.4, -0.2) is 15.3 Å². The number of carbonyl (C=O) groups is 1. The molecule has 6 heteroatoms. The molecule has 1 amide bonds. The summed E-state index contributed by atoms with van der Waals surface area (Å²) >= 11 is 1.59. The fourth-order valence-electron chi connectivity index (χ4n) is 2.66. The first kappa shape index (κ1) is 14.7. The molecule has 120 valence electrons. The minimum atomic E-state index is -0.214. The standard InChI is InChI=1S/C18H15N3O2S/c1-12-5-6-14(23-12)10-19-18(22)16-17(13-7-9-24-11-13)21-8-3-2-4-15(21)20-16/h2-9,11H,10H2,1H3,(H,19,22). The Hall–Kier alpha value is -2.86. The number of thiophene rings is 1. The first-order chi connectivity index (χ1) is 11.7.